The summed E-state index contributed by atoms with van der Waals surface area (Å²) in [4.78, 5) is 29.7. The normalized spacial score (nSPS) is 22.3. The van der Waals surface area contributed by atoms with Crippen LogP contribution in [0.1, 0.15) is 48.3 Å². The molecule has 0 bridgehead atoms. The molecule has 4 nitrogen and oxygen atoms in total. The Labute approximate surface area is 177 Å². The third-order valence-electron chi connectivity index (χ3n) is 6.60. The number of amides is 2. The smallest absolute Gasteiger partial charge is 0.228 e. The van der Waals surface area contributed by atoms with Crippen LogP contribution in [-0.4, -0.2) is 36.3 Å². The highest BCUT2D eigenvalue weighted by Crippen LogP contribution is 2.31. The lowest BCUT2D eigenvalue weighted by atomic mass is 9.94. The van der Waals surface area contributed by atoms with Crippen molar-refractivity contribution in [1.82, 2.24) is 4.90 Å². The summed E-state index contributed by atoms with van der Waals surface area (Å²) in [5.41, 5.74) is 4.29. The zero-order valence-corrected chi connectivity index (χ0v) is 17.7. The number of likely N-dealkylation sites (tertiary alicyclic amines) is 1. The summed E-state index contributed by atoms with van der Waals surface area (Å²) in [5, 5.41) is 0. The fourth-order valence-electron chi connectivity index (χ4n) is 4.62. The second-order valence-corrected chi connectivity index (χ2v) is 8.70. The van der Waals surface area contributed by atoms with Gasteiger partial charge in [-0.15, -0.1) is 0 Å². The Hall–Kier alpha value is -2.69. The molecule has 0 aliphatic carbocycles. The molecule has 0 saturated carbocycles. The first kappa shape index (κ1) is 20.6. The van der Waals surface area contributed by atoms with Crippen LogP contribution >= 0.6 is 0 Å². The Morgan fingerprint density at radius 3 is 2.50 bits per heavy atom. The third kappa shape index (κ3) is 4.25. The fourth-order valence-corrected chi connectivity index (χ4v) is 4.62. The number of nitrogens with zero attached hydrogens (tertiary/aromatic N) is 2. The van der Waals surface area contributed by atoms with E-state index in [1.165, 1.54) is 17.7 Å². The lowest BCUT2D eigenvalue weighted by molar-refractivity contribution is -0.135. The molecular weight excluding hydrogens is 379 g/mol. The quantitative estimate of drug-likeness (QED) is 0.745. The first-order valence-corrected chi connectivity index (χ1v) is 10.8. The predicted molar refractivity (Wildman–Crippen MR) is 116 cm³/mol. The molecule has 2 atom stereocenters. The van der Waals surface area contributed by atoms with Gasteiger partial charge in [-0.25, -0.2) is 4.39 Å². The van der Waals surface area contributed by atoms with Gasteiger partial charge in [0.05, 0.1) is 5.92 Å². The maximum atomic E-state index is 13.3. The Kier molecular flexibility index (Phi) is 5.89. The third-order valence-corrected chi connectivity index (χ3v) is 6.60. The Balaban J connectivity index is 1.47. The summed E-state index contributed by atoms with van der Waals surface area (Å²) >= 11 is 0. The molecular formula is C25H29FN2O2. The van der Waals surface area contributed by atoms with E-state index >= 15 is 0 Å². The maximum Gasteiger partial charge on any atom is 0.228 e. The van der Waals surface area contributed by atoms with Gasteiger partial charge in [-0.05, 0) is 67.6 Å². The van der Waals surface area contributed by atoms with E-state index in [4.69, 9.17) is 0 Å². The number of rotatable bonds is 3. The van der Waals surface area contributed by atoms with E-state index in [-0.39, 0.29) is 35.9 Å². The first-order chi connectivity index (χ1) is 14.4. The van der Waals surface area contributed by atoms with Crippen molar-refractivity contribution < 1.29 is 14.0 Å². The van der Waals surface area contributed by atoms with E-state index in [1.54, 1.807) is 4.90 Å². The molecule has 0 spiro atoms. The van der Waals surface area contributed by atoms with Gasteiger partial charge in [-0.1, -0.05) is 24.6 Å². The number of anilines is 1. The highest BCUT2D eigenvalue weighted by atomic mass is 19.1. The van der Waals surface area contributed by atoms with Crippen LogP contribution in [0.4, 0.5) is 10.1 Å². The van der Waals surface area contributed by atoms with Crippen molar-refractivity contribution in [1.29, 1.82) is 0 Å². The van der Waals surface area contributed by atoms with Crippen LogP contribution in [0.3, 0.4) is 0 Å². The van der Waals surface area contributed by atoms with Crippen molar-refractivity contribution in [2.75, 3.05) is 24.5 Å². The summed E-state index contributed by atoms with van der Waals surface area (Å²) in [6.45, 7) is 5.89. The average Bonchev–Trinajstić information content (AvgIpc) is 2.96. The molecule has 30 heavy (non-hydrogen) atoms. The Morgan fingerprint density at radius 1 is 1.00 bits per heavy atom. The molecule has 0 N–H and O–H groups in total. The SMILES string of the molecule is Cc1ccc(N2C[C@@H](C(=O)N3CCCC[C@H](c4ccc(F)cc4)C3)CC2=O)cc1C. The summed E-state index contributed by atoms with van der Waals surface area (Å²) in [7, 11) is 0. The van der Waals surface area contributed by atoms with Gasteiger partial charge in [0, 0.05) is 37.7 Å². The molecule has 5 heteroatoms. The number of aryl methyl sites for hydroxylation is 2. The average molecular weight is 409 g/mol. The summed E-state index contributed by atoms with van der Waals surface area (Å²) < 4.78 is 13.3. The van der Waals surface area contributed by atoms with Crippen LogP contribution in [-0.2, 0) is 9.59 Å². The molecule has 4 rings (SSSR count). The molecule has 2 saturated heterocycles. The molecule has 2 aromatic rings. The van der Waals surface area contributed by atoms with Crippen LogP contribution in [0.15, 0.2) is 42.5 Å². The van der Waals surface area contributed by atoms with Crippen LogP contribution in [0.2, 0.25) is 0 Å². The van der Waals surface area contributed by atoms with Crippen LogP contribution in [0.5, 0.6) is 0 Å². The van der Waals surface area contributed by atoms with Gasteiger partial charge in [0.1, 0.15) is 5.82 Å². The Morgan fingerprint density at radius 2 is 1.77 bits per heavy atom. The minimum absolute atomic E-state index is 0.0153. The van der Waals surface area contributed by atoms with Gasteiger partial charge in [0.15, 0.2) is 0 Å². The van der Waals surface area contributed by atoms with Gasteiger partial charge in [0.2, 0.25) is 11.8 Å². The number of halogens is 1. The summed E-state index contributed by atoms with van der Waals surface area (Å²) in [6.07, 6.45) is 3.27. The van der Waals surface area contributed by atoms with Gasteiger partial charge >= 0.3 is 0 Å². The zero-order valence-electron chi connectivity index (χ0n) is 17.7. The number of benzene rings is 2. The van der Waals surface area contributed by atoms with E-state index in [9.17, 15) is 14.0 Å². The standard InChI is InChI=1S/C25H29FN2O2/c1-17-6-11-23(13-18(17)2)28-16-21(14-24(28)29)25(30)27-12-4-3-5-20(15-27)19-7-9-22(26)10-8-19/h6-11,13,20-21H,3-5,12,14-16H2,1-2H3/t20-,21-/m0/s1. The van der Waals surface area contributed by atoms with Crippen LogP contribution in [0.25, 0.3) is 0 Å². The molecule has 0 radical (unpaired) electrons. The number of carbonyl (C=O) groups excluding carboxylic acids is 2. The van der Waals surface area contributed by atoms with Gasteiger partial charge in [-0.2, -0.15) is 0 Å². The number of hydrogen-bond acceptors (Lipinski definition) is 2. The second kappa shape index (κ2) is 8.58. The largest absolute Gasteiger partial charge is 0.342 e. The summed E-state index contributed by atoms with van der Waals surface area (Å²) in [6, 6.07) is 12.6. The predicted octanol–water partition coefficient (Wildman–Crippen LogP) is 4.59. The molecule has 2 aliphatic rings. The highest BCUT2D eigenvalue weighted by Gasteiger charge is 2.38. The van der Waals surface area contributed by atoms with Crippen molar-refractivity contribution in [3.05, 3.63) is 65.0 Å². The van der Waals surface area contributed by atoms with Crippen molar-refractivity contribution in [2.24, 2.45) is 5.92 Å². The van der Waals surface area contributed by atoms with Gasteiger partial charge in [-0.3, -0.25) is 9.59 Å². The molecule has 0 unspecified atom stereocenters. The molecule has 2 aromatic carbocycles. The molecule has 2 amide bonds. The van der Waals surface area contributed by atoms with E-state index in [0.29, 0.717) is 13.1 Å². The maximum absolute atomic E-state index is 13.3. The second-order valence-electron chi connectivity index (χ2n) is 8.70. The lowest BCUT2D eigenvalue weighted by Gasteiger charge is -2.27. The van der Waals surface area contributed by atoms with Crippen molar-refractivity contribution in [2.45, 2.75) is 45.4 Å². The van der Waals surface area contributed by atoms with Crippen molar-refractivity contribution in [3.63, 3.8) is 0 Å². The summed E-state index contributed by atoms with van der Waals surface area (Å²) in [5.74, 6) is -0.238. The van der Waals surface area contributed by atoms with Crippen LogP contribution in [0, 0.1) is 25.6 Å². The fraction of sp³-hybridized carbons (Fsp3) is 0.440. The minimum Gasteiger partial charge on any atom is -0.342 e. The lowest BCUT2D eigenvalue weighted by Crippen LogP contribution is -2.39. The van der Waals surface area contributed by atoms with Crippen molar-refractivity contribution >= 4 is 17.5 Å². The molecule has 0 aromatic heterocycles. The van der Waals surface area contributed by atoms with Gasteiger partial charge < -0.3 is 9.80 Å². The first-order valence-electron chi connectivity index (χ1n) is 10.8. The number of hydrogen-bond donors (Lipinski definition) is 0. The van der Waals surface area contributed by atoms with Gasteiger partial charge in [0.25, 0.3) is 0 Å². The molecule has 158 valence electrons. The minimum atomic E-state index is -0.300. The van der Waals surface area contributed by atoms with E-state index < -0.39 is 0 Å². The molecule has 2 aliphatic heterocycles. The van der Waals surface area contributed by atoms with E-state index in [1.807, 2.05) is 49.1 Å². The molecule has 2 fully saturated rings. The highest BCUT2D eigenvalue weighted by molar-refractivity contribution is 6.00. The zero-order chi connectivity index (χ0) is 21.3. The number of carbonyl (C=O) groups is 2. The van der Waals surface area contributed by atoms with Crippen molar-refractivity contribution in [3.8, 4) is 0 Å². The van der Waals surface area contributed by atoms with Crippen LogP contribution < -0.4 is 4.90 Å². The molecule has 2 heterocycles. The van der Waals surface area contributed by atoms with E-state index in [0.717, 1.165) is 42.6 Å². The topological polar surface area (TPSA) is 40.6 Å². The van der Waals surface area contributed by atoms with E-state index in [2.05, 4.69) is 0 Å². The Bertz CT molecular complexity index is 941. The monoisotopic (exact) mass is 408 g/mol.